The van der Waals surface area contributed by atoms with Gasteiger partial charge in [0.15, 0.2) is 0 Å². The van der Waals surface area contributed by atoms with E-state index in [9.17, 15) is 9.59 Å². The average Bonchev–Trinajstić information content (AvgIpc) is 2.61. The Kier molecular flexibility index (Phi) is 2.73. The lowest BCUT2D eigenvalue weighted by Gasteiger charge is -2.28. The molecule has 96 valence electrons. The number of anilines is 1. The molecule has 0 aromatic carbocycles. The summed E-state index contributed by atoms with van der Waals surface area (Å²) in [5.74, 6) is -2.32. The first kappa shape index (κ1) is 12.0. The summed E-state index contributed by atoms with van der Waals surface area (Å²) in [6, 6.07) is 0. The van der Waals surface area contributed by atoms with Gasteiger partial charge in [-0.3, -0.25) is 5.10 Å². The van der Waals surface area contributed by atoms with Crippen molar-refractivity contribution in [1.29, 1.82) is 0 Å². The van der Waals surface area contributed by atoms with E-state index in [0.717, 1.165) is 0 Å². The van der Waals surface area contributed by atoms with Crippen LogP contribution in [-0.4, -0.2) is 38.6 Å². The molecule has 0 amide bonds. The van der Waals surface area contributed by atoms with Crippen molar-refractivity contribution in [3.8, 4) is 0 Å². The van der Waals surface area contributed by atoms with Crippen LogP contribution >= 0.6 is 0 Å². The zero-order valence-electron chi connectivity index (χ0n) is 9.97. The third kappa shape index (κ3) is 2.44. The van der Waals surface area contributed by atoms with Crippen molar-refractivity contribution >= 4 is 23.6 Å². The predicted octanol–water partition coefficient (Wildman–Crippen LogP) is -0.283. The first-order chi connectivity index (χ1) is 8.37. The fraction of sp³-hybridized carbons (Fsp3) is 0.444. The van der Waals surface area contributed by atoms with E-state index in [1.807, 2.05) is 0 Å². The monoisotopic (exact) mass is 253 g/mol. The lowest BCUT2D eigenvalue weighted by atomic mass is 10.3. The van der Waals surface area contributed by atoms with Gasteiger partial charge >= 0.3 is 11.9 Å². The number of ether oxygens (including phenoxy) is 2. The summed E-state index contributed by atoms with van der Waals surface area (Å²) in [6.45, 7) is 4.59. The van der Waals surface area contributed by atoms with Gasteiger partial charge in [0.2, 0.25) is 0 Å². The van der Waals surface area contributed by atoms with Gasteiger partial charge in [-0.25, -0.2) is 15.0 Å². The maximum atomic E-state index is 11.5. The molecule has 1 aromatic rings. The van der Waals surface area contributed by atoms with E-state index in [1.54, 1.807) is 6.92 Å². The molecule has 0 unspecified atom stereocenters. The number of carbonyl (C=O) groups is 2. The second-order valence-electron chi connectivity index (χ2n) is 4.00. The summed E-state index contributed by atoms with van der Waals surface area (Å²) in [5, 5.41) is 9.85. The van der Waals surface area contributed by atoms with Crippen molar-refractivity contribution in [3.05, 3.63) is 5.82 Å². The standard InChI is InChI=1S/C9H11N5O4/c1-4-10-8(13-11-4)14-12-5-6(15)17-9(2,3)18-7(5)16/h1-3H3,(H2,10,11,13,14). The average molecular weight is 253 g/mol. The molecule has 1 saturated heterocycles. The van der Waals surface area contributed by atoms with E-state index < -0.39 is 23.4 Å². The second kappa shape index (κ2) is 4.09. The van der Waals surface area contributed by atoms with Gasteiger partial charge in [-0.1, -0.05) is 0 Å². The number of aromatic amines is 1. The number of H-pyrrole nitrogens is 1. The predicted molar refractivity (Wildman–Crippen MR) is 58.4 cm³/mol. The molecule has 0 spiro atoms. The van der Waals surface area contributed by atoms with E-state index in [0.29, 0.717) is 5.82 Å². The summed E-state index contributed by atoms with van der Waals surface area (Å²) >= 11 is 0. The molecule has 1 aliphatic rings. The van der Waals surface area contributed by atoms with Crippen LogP contribution in [0, 0.1) is 6.92 Å². The minimum absolute atomic E-state index is 0.130. The lowest BCUT2D eigenvalue weighted by Crippen LogP contribution is -2.47. The highest BCUT2D eigenvalue weighted by Gasteiger charge is 2.40. The number of hydrogen-bond donors (Lipinski definition) is 2. The highest BCUT2D eigenvalue weighted by molar-refractivity contribution is 6.63. The van der Waals surface area contributed by atoms with Crippen LogP contribution in [0.25, 0.3) is 0 Å². The quantitative estimate of drug-likeness (QED) is 0.549. The van der Waals surface area contributed by atoms with Crippen molar-refractivity contribution in [3.63, 3.8) is 0 Å². The summed E-state index contributed by atoms with van der Waals surface area (Å²) in [7, 11) is 0. The molecule has 9 nitrogen and oxygen atoms in total. The smallest absolute Gasteiger partial charge is 0.369 e. The first-order valence-electron chi connectivity index (χ1n) is 5.07. The van der Waals surface area contributed by atoms with Crippen LogP contribution in [0.5, 0.6) is 0 Å². The summed E-state index contributed by atoms with van der Waals surface area (Å²) in [6.07, 6.45) is 0. The number of aromatic nitrogens is 3. The molecule has 2 heterocycles. The molecule has 1 fully saturated rings. The molecule has 1 aromatic heterocycles. The Morgan fingerprint density at radius 3 is 2.39 bits per heavy atom. The van der Waals surface area contributed by atoms with E-state index in [2.05, 4.69) is 25.7 Å². The third-order valence-electron chi connectivity index (χ3n) is 1.93. The largest absolute Gasteiger partial charge is 0.418 e. The van der Waals surface area contributed by atoms with E-state index in [1.165, 1.54) is 13.8 Å². The van der Waals surface area contributed by atoms with Gasteiger partial charge in [-0.2, -0.15) is 10.1 Å². The number of hydrogen-bond acceptors (Lipinski definition) is 8. The van der Waals surface area contributed by atoms with Crippen LogP contribution in [-0.2, 0) is 19.1 Å². The molecule has 2 N–H and O–H groups in total. The Bertz CT molecular complexity index is 511. The maximum Gasteiger partial charge on any atom is 0.369 e. The normalized spacial score (nSPS) is 18.1. The van der Waals surface area contributed by atoms with Gasteiger partial charge in [0.1, 0.15) is 5.82 Å². The zero-order chi connectivity index (χ0) is 13.3. The van der Waals surface area contributed by atoms with Crippen molar-refractivity contribution in [1.82, 2.24) is 15.2 Å². The Balaban J connectivity index is 2.13. The molecule has 0 radical (unpaired) electrons. The summed E-state index contributed by atoms with van der Waals surface area (Å²) in [4.78, 5) is 26.9. The Hall–Kier alpha value is -2.45. The fourth-order valence-corrected chi connectivity index (χ4v) is 1.24. The van der Waals surface area contributed by atoms with Crippen LogP contribution < -0.4 is 5.43 Å². The molecule has 0 aliphatic carbocycles. The maximum absolute atomic E-state index is 11.5. The number of nitrogens with zero attached hydrogens (tertiary/aromatic N) is 3. The molecular weight excluding hydrogens is 242 g/mol. The van der Waals surface area contributed by atoms with Gasteiger partial charge in [0.05, 0.1) is 0 Å². The Labute approximate surface area is 102 Å². The van der Waals surface area contributed by atoms with Crippen LogP contribution in [0.15, 0.2) is 5.10 Å². The number of carbonyl (C=O) groups excluding carboxylic acids is 2. The third-order valence-corrected chi connectivity index (χ3v) is 1.93. The van der Waals surface area contributed by atoms with E-state index in [4.69, 9.17) is 9.47 Å². The van der Waals surface area contributed by atoms with Crippen molar-refractivity contribution in [2.24, 2.45) is 5.10 Å². The molecular formula is C9H11N5O4. The number of cyclic esters (lactones) is 2. The highest BCUT2D eigenvalue weighted by Crippen LogP contribution is 2.17. The molecule has 1 aliphatic heterocycles. The lowest BCUT2D eigenvalue weighted by molar-refractivity contribution is -0.214. The van der Waals surface area contributed by atoms with Gasteiger partial charge in [0.25, 0.3) is 17.4 Å². The van der Waals surface area contributed by atoms with Crippen molar-refractivity contribution < 1.29 is 19.1 Å². The van der Waals surface area contributed by atoms with Gasteiger partial charge in [-0.05, 0) is 6.92 Å². The molecule has 0 bridgehead atoms. The fourth-order valence-electron chi connectivity index (χ4n) is 1.24. The van der Waals surface area contributed by atoms with Crippen LogP contribution in [0.2, 0.25) is 0 Å². The van der Waals surface area contributed by atoms with Crippen LogP contribution in [0.1, 0.15) is 19.7 Å². The number of esters is 2. The van der Waals surface area contributed by atoms with E-state index >= 15 is 0 Å². The topological polar surface area (TPSA) is 119 Å². The minimum atomic E-state index is -1.28. The number of aryl methyl sites for hydroxylation is 1. The van der Waals surface area contributed by atoms with Crippen molar-refractivity contribution in [2.75, 3.05) is 5.43 Å². The molecule has 0 saturated carbocycles. The summed E-state index contributed by atoms with van der Waals surface area (Å²) in [5.41, 5.74) is 1.87. The van der Waals surface area contributed by atoms with Crippen molar-refractivity contribution in [2.45, 2.75) is 26.6 Å². The van der Waals surface area contributed by atoms with Crippen LogP contribution in [0.3, 0.4) is 0 Å². The number of rotatable bonds is 2. The molecule has 18 heavy (non-hydrogen) atoms. The van der Waals surface area contributed by atoms with Gasteiger partial charge in [0, 0.05) is 13.8 Å². The first-order valence-corrected chi connectivity index (χ1v) is 5.07. The molecule has 9 heteroatoms. The molecule has 0 atom stereocenters. The number of hydrazone groups is 1. The Morgan fingerprint density at radius 2 is 1.89 bits per heavy atom. The van der Waals surface area contributed by atoms with E-state index in [-0.39, 0.29) is 5.95 Å². The van der Waals surface area contributed by atoms with Crippen LogP contribution in [0.4, 0.5) is 5.95 Å². The Morgan fingerprint density at radius 1 is 1.28 bits per heavy atom. The minimum Gasteiger partial charge on any atom is -0.418 e. The number of nitrogens with one attached hydrogen (secondary N) is 2. The second-order valence-corrected chi connectivity index (χ2v) is 4.00. The molecule has 2 rings (SSSR count). The van der Waals surface area contributed by atoms with Gasteiger partial charge in [-0.15, -0.1) is 5.10 Å². The summed E-state index contributed by atoms with van der Waals surface area (Å²) < 4.78 is 9.70. The highest BCUT2D eigenvalue weighted by atomic mass is 16.7. The van der Waals surface area contributed by atoms with Gasteiger partial charge < -0.3 is 9.47 Å². The zero-order valence-corrected chi connectivity index (χ0v) is 9.97. The SMILES string of the molecule is Cc1nc(NN=C2C(=O)OC(C)(C)OC2=O)n[nH]1.